The zero-order valence-corrected chi connectivity index (χ0v) is 10.4. The minimum absolute atomic E-state index is 0.0517. The van der Waals surface area contributed by atoms with E-state index in [9.17, 15) is 20.2 Å². The molecule has 0 aliphatic carbocycles. The van der Waals surface area contributed by atoms with Crippen molar-refractivity contribution in [2.24, 2.45) is 5.73 Å². The van der Waals surface area contributed by atoms with Crippen LogP contribution in [-0.4, -0.2) is 17.5 Å². The number of carbonyl (C=O) groups excluding carboxylic acids is 1. The molecular weight excluding hydrogens is 282 g/mol. The van der Waals surface area contributed by atoms with Gasteiger partial charge in [0.05, 0.1) is 17.6 Å². The van der Waals surface area contributed by atoms with Crippen LogP contribution < -0.4 is 5.73 Å². The number of nitrogens with zero attached hydrogens (tertiary/aromatic N) is 2. The summed E-state index contributed by atoms with van der Waals surface area (Å²) >= 11 is 0. The lowest BCUT2D eigenvalue weighted by atomic mass is 9.87. The molecule has 0 unspecified atom stereocenters. The van der Waals surface area contributed by atoms with Crippen molar-refractivity contribution in [3.05, 3.63) is 50.8 Å². The lowest BCUT2D eigenvalue weighted by Crippen LogP contribution is -2.21. The first-order chi connectivity index (χ1) is 10.0. The third kappa shape index (κ3) is 1.81. The number of ether oxygens (including phenoxy) is 2. The van der Waals surface area contributed by atoms with Crippen LogP contribution in [0.15, 0.2) is 39.3 Å². The van der Waals surface area contributed by atoms with Crippen LogP contribution in [0.2, 0.25) is 0 Å². The van der Waals surface area contributed by atoms with Crippen molar-refractivity contribution in [3.63, 3.8) is 0 Å². The first-order valence-electron chi connectivity index (χ1n) is 5.74. The van der Waals surface area contributed by atoms with Gasteiger partial charge in [0, 0.05) is 0 Å². The molecule has 0 saturated heterocycles. The molecule has 9 heteroatoms. The standard InChI is InChI=1S/C12H7N3O6/c13-3-5-9(6-1-2-8(20-6)15(17)18)10-7(21-11(5)14)4-19-12(10)16/h1-2,9H,4,14H2/t9-/m1/s1. The highest BCUT2D eigenvalue weighted by atomic mass is 16.6. The fourth-order valence-corrected chi connectivity index (χ4v) is 2.24. The number of carbonyl (C=O) groups is 1. The fraction of sp³-hybridized carbons (Fsp3) is 0.167. The van der Waals surface area contributed by atoms with E-state index in [0.717, 1.165) is 6.07 Å². The summed E-state index contributed by atoms with van der Waals surface area (Å²) in [6, 6.07) is 4.28. The van der Waals surface area contributed by atoms with Crippen LogP contribution in [-0.2, 0) is 14.3 Å². The van der Waals surface area contributed by atoms with Gasteiger partial charge in [-0.05, 0) is 6.07 Å². The second-order valence-corrected chi connectivity index (χ2v) is 4.27. The minimum atomic E-state index is -0.970. The average Bonchev–Trinajstić information content (AvgIpc) is 3.05. The van der Waals surface area contributed by atoms with Crippen molar-refractivity contribution in [3.8, 4) is 6.07 Å². The lowest BCUT2D eigenvalue weighted by Gasteiger charge is -2.21. The van der Waals surface area contributed by atoms with Crippen LogP contribution in [0.5, 0.6) is 0 Å². The van der Waals surface area contributed by atoms with E-state index in [4.69, 9.17) is 19.6 Å². The monoisotopic (exact) mass is 289 g/mol. The van der Waals surface area contributed by atoms with Crippen LogP contribution >= 0.6 is 0 Å². The third-order valence-corrected chi connectivity index (χ3v) is 3.13. The topological polar surface area (TPSA) is 142 Å². The molecule has 0 spiro atoms. The molecule has 0 saturated carbocycles. The molecule has 21 heavy (non-hydrogen) atoms. The molecule has 0 amide bonds. The number of hydrogen-bond donors (Lipinski definition) is 1. The Morgan fingerprint density at radius 2 is 2.24 bits per heavy atom. The maximum absolute atomic E-state index is 11.8. The summed E-state index contributed by atoms with van der Waals surface area (Å²) in [5.41, 5.74) is 5.66. The van der Waals surface area contributed by atoms with E-state index >= 15 is 0 Å². The molecule has 106 valence electrons. The molecule has 0 radical (unpaired) electrons. The molecule has 0 bridgehead atoms. The van der Waals surface area contributed by atoms with Crippen LogP contribution in [0.3, 0.4) is 0 Å². The van der Waals surface area contributed by atoms with Crippen molar-refractivity contribution in [2.75, 3.05) is 6.61 Å². The van der Waals surface area contributed by atoms with E-state index in [0.29, 0.717) is 0 Å². The zero-order chi connectivity index (χ0) is 15.1. The van der Waals surface area contributed by atoms with Crippen LogP contribution in [0.1, 0.15) is 11.7 Å². The number of esters is 1. The van der Waals surface area contributed by atoms with Gasteiger partial charge >= 0.3 is 11.9 Å². The molecule has 0 fully saturated rings. The predicted octanol–water partition coefficient (Wildman–Crippen LogP) is 0.806. The molecule has 9 nitrogen and oxygen atoms in total. The van der Waals surface area contributed by atoms with Crippen molar-refractivity contribution in [1.29, 1.82) is 5.26 Å². The van der Waals surface area contributed by atoms with Crippen LogP contribution in [0.25, 0.3) is 0 Å². The van der Waals surface area contributed by atoms with E-state index in [1.165, 1.54) is 6.07 Å². The molecule has 2 N–H and O–H groups in total. The van der Waals surface area contributed by atoms with Gasteiger partial charge in [-0.2, -0.15) is 5.26 Å². The molecule has 1 aromatic rings. The molecular formula is C12H7N3O6. The van der Waals surface area contributed by atoms with E-state index in [1.54, 1.807) is 0 Å². The highest BCUT2D eigenvalue weighted by Crippen LogP contribution is 2.43. The number of nitriles is 1. The Morgan fingerprint density at radius 1 is 1.48 bits per heavy atom. The molecule has 1 aromatic heterocycles. The summed E-state index contributed by atoms with van der Waals surface area (Å²) in [5.74, 6) is -2.09. The first kappa shape index (κ1) is 12.7. The van der Waals surface area contributed by atoms with E-state index in [-0.39, 0.29) is 35.2 Å². The summed E-state index contributed by atoms with van der Waals surface area (Å²) in [5, 5.41) is 19.9. The SMILES string of the molecule is N#CC1=C(N)OC2=C(C(=O)OC2)[C@H]1c1ccc([N+](=O)[O-])o1. The third-order valence-electron chi connectivity index (χ3n) is 3.13. The number of hydrogen-bond acceptors (Lipinski definition) is 8. The normalized spacial score (nSPS) is 20.7. The number of furan rings is 1. The Labute approximate surface area is 117 Å². The smallest absolute Gasteiger partial charge is 0.433 e. The molecule has 1 atom stereocenters. The van der Waals surface area contributed by atoms with Gasteiger partial charge in [-0.15, -0.1) is 0 Å². The largest absolute Gasteiger partial charge is 0.454 e. The van der Waals surface area contributed by atoms with E-state index < -0.39 is 22.7 Å². The quantitative estimate of drug-likeness (QED) is 0.478. The fourth-order valence-electron chi connectivity index (χ4n) is 2.24. The van der Waals surface area contributed by atoms with Gasteiger partial charge in [-0.1, -0.05) is 0 Å². The van der Waals surface area contributed by atoms with Crippen molar-refractivity contribution < 1.29 is 23.6 Å². The molecule has 3 rings (SSSR count). The van der Waals surface area contributed by atoms with Crippen molar-refractivity contribution >= 4 is 11.9 Å². The van der Waals surface area contributed by atoms with Crippen molar-refractivity contribution in [2.45, 2.75) is 5.92 Å². The van der Waals surface area contributed by atoms with Gasteiger partial charge in [-0.3, -0.25) is 10.1 Å². The number of allylic oxidation sites excluding steroid dienone is 1. The summed E-state index contributed by atoms with van der Waals surface area (Å²) in [7, 11) is 0. The van der Waals surface area contributed by atoms with Gasteiger partial charge in [0.1, 0.15) is 28.9 Å². The minimum Gasteiger partial charge on any atom is -0.454 e. The second kappa shape index (κ2) is 4.38. The van der Waals surface area contributed by atoms with E-state index in [2.05, 4.69) is 0 Å². The maximum atomic E-state index is 11.8. The lowest BCUT2D eigenvalue weighted by molar-refractivity contribution is -0.402. The predicted molar refractivity (Wildman–Crippen MR) is 64.0 cm³/mol. The Kier molecular flexibility index (Phi) is 2.66. The maximum Gasteiger partial charge on any atom is 0.433 e. The summed E-state index contributed by atoms with van der Waals surface area (Å²) in [6.07, 6.45) is 0. The average molecular weight is 289 g/mol. The van der Waals surface area contributed by atoms with Crippen LogP contribution in [0.4, 0.5) is 5.88 Å². The van der Waals surface area contributed by atoms with Gasteiger partial charge in [-0.25, -0.2) is 4.79 Å². The van der Waals surface area contributed by atoms with E-state index in [1.807, 2.05) is 6.07 Å². The number of nitro groups is 1. The first-order valence-corrected chi connectivity index (χ1v) is 5.74. The summed E-state index contributed by atoms with van der Waals surface area (Å²) in [6.45, 7) is -0.104. The Bertz CT molecular complexity index is 766. The molecule has 3 heterocycles. The number of cyclic esters (lactones) is 1. The number of rotatable bonds is 2. The highest BCUT2D eigenvalue weighted by Gasteiger charge is 2.43. The Morgan fingerprint density at radius 3 is 2.86 bits per heavy atom. The Balaban J connectivity index is 2.14. The summed E-state index contributed by atoms with van der Waals surface area (Å²) < 4.78 is 15.1. The Hall–Kier alpha value is -3.28. The molecule has 2 aliphatic heterocycles. The number of nitrogens with two attached hydrogens (primary N) is 1. The highest BCUT2D eigenvalue weighted by molar-refractivity contribution is 5.94. The molecule has 2 aliphatic rings. The summed E-state index contributed by atoms with van der Waals surface area (Å²) in [4.78, 5) is 21.8. The molecule has 0 aromatic carbocycles. The van der Waals surface area contributed by atoms with Gasteiger partial charge in [0.2, 0.25) is 5.88 Å². The zero-order valence-electron chi connectivity index (χ0n) is 10.4. The van der Waals surface area contributed by atoms with Gasteiger partial charge in [0.25, 0.3) is 0 Å². The van der Waals surface area contributed by atoms with Crippen LogP contribution in [0, 0.1) is 21.4 Å². The second-order valence-electron chi connectivity index (χ2n) is 4.27. The van der Waals surface area contributed by atoms with Gasteiger partial charge in [0.15, 0.2) is 5.76 Å². The van der Waals surface area contributed by atoms with Gasteiger partial charge < -0.3 is 19.6 Å². The van der Waals surface area contributed by atoms with Crippen molar-refractivity contribution in [1.82, 2.24) is 0 Å².